The number of anilines is 1. The monoisotopic (exact) mass is 480 g/mol. The highest BCUT2D eigenvalue weighted by molar-refractivity contribution is 6.04. The van der Waals surface area contributed by atoms with E-state index in [9.17, 15) is 24.4 Å². The van der Waals surface area contributed by atoms with Crippen LogP contribution in [0, 0.1) is 11.1 Å². The molecular formula is C24H26N5O6-. The second-order valence-corrected chi connectivity index (χ2v) is 9.38. The number of pyridine rings is 1. The first-order chi connectivity index (χ1) is 16.8. The lowest BCUT2D eigenvalue weighted by atomic mass is 9.83. The second-order valence-electron chi connectivity index (χ2n) is 9.38. The fraction of sp³-hybridized carbons (Fsp3) is 0.417. The van der Waals surface area contributed by atoms with Gasteiger partial charge in [0.1, 0.15) is 11.7 Å². The van der Waals surface area contributed by atoms with Crippen LogP contribution in [0.5, 0.6) is 0 Å². The smallest absolute Gasteiger partial charge is 0.325 e. The fourth-order valence-corrected chi connectivity index (χ4v) is 5.40. The summed E-state index contributed by atoms with van der Waals surface area (Å²) in [5.74, 6) is -0.438. The Morgan fingerprint density at radius 3 is 2.60 bits per heavy atom. The van der Waals surface area contributed by atoms with Crippen LogP contribution in [-0.2, 0) is 22.7 Å². The lowest BCUT2D eigenvalue weighted by Crippen LogP contribution is -2.49. The number of hydrogen-bond donors (Lipinski definition) is 2. The normalized spacial score (nSPS) is 23.2. The number of urea groups is 1. The van der Waals surface area contributed by atoms with E-state index >= 15 is 0 Å². The minimum Gasteiger partial charge on any atom is -0.733 e. The first kappa shape index (κ1) is 23.1. The van der Waals surface area contributed by atoms with Crippen molar-refractivity contribution in [1.29, 1.82) is 0 Å². The average molecular weight is 481 g/mol. The van der Waals surface area contributed by atoms with Crippen LogP contribution in [0.15, 0.2) is 47.3 Å². The molecule has 2 fully saturated rings. The number of nitrogens with zero attached hydrogens (tertiary/aromatic N) is 4. The van der Waals surface area contributed by atoms with Crippen molar-refractivity contribution in [2.75, 3.05) is 18.3 Å². The molecule has 0 aliphatic carbocycles. The molecule has 0 spiro atoms. The van der Waals surface area contributed by atoms with Crippen LogP contribution in [0.1, 0.15) is 36.4 Å². The maximum absolute atomic E-state index is 13.0. The lowest BCUT2D eigenvalue weighted by Gasteiger charge is -2.43. The van der Waals surface area contributed by atoms with Gasteiger partial charge in [-0.15, -0.1) is 0 Å². The molecule has 0 radical (unpaired) electrons. The molecule has 0 saturated carbocycles. The van der Waals surface area contributed by atoms with E-state index in [1.54, 1.807) is 11.0 Å². The van der Waals surface area contributed by atoms with E-state index in [1.165, 1.54) is 15.5 Å². The highest BCUT2D eigenvalue weighted by atomic mass is 16.8. The predicted molar refractivity (Wildman–Crippen MR) is 124 cm³/mol. The zero-order valence-electron chi connectivity index (χ0n) is 19.0. The summed E-state index contributed by atoms with van der Waals surface area (Å²) in [6, 6.07) is 11.0. The Balaban J connectivity index is 1.20. The third kappa shape index (κ3) is 4.40. The molecule has 3 aliphatic heterocycles. The molecule has 3 unspecified atom stereocenters. The number of hydrogen-bond acceptors (Lipinski definition) is 7. The van der Waals surface area contributed by atoms with Gasteiger partial charge in [-0.3, -0.25) is 24.5 Å². The minimum atomic E-state index is -0.731. The molecule has 4 amide bonds. The summed E-state index contributed by atoms with van der Waals surface area (Å²) in [5.41, 5.74) is 0.724. The molecule has 2 N–H and O–H groups in total. The first-order valence-corrected chi connectivity index (χ1v) is 11.6. The molecule has 2 bridgehead atoms. The molecule has 5 rings (SSSR count). The Morgan fingerprint density at radius 1 is 1.09 bits per heavy atom. The number of likely N-dealkylation sites (tertiary alicyclic amines) is 1. The SMILES string of the molecule is O=C(CCC1NC(=O)N(Cc2ccccc2)C1=O)N1CC2CC(C1)c1ccc(N([O-])O)c(=O)n1C2. The summed E-state index contributed by atoms with van der Waals surface area (Å²) in [6.45, 7) is 1.45. The quantitative estimate of drug-likeness (QED) is 0.471. The average Bonchev–Trinajstić information content (AvgIpc) is 3.11. The number of piperidine rings is 1. The van der Waals surface area contributed by atoms with Crippen LogP contribution in [-0.4, -0.2) is 56.6 Å². The van der Waals surface area contributed by atoms with E-state index in [0.29, 0.717) is 19.6 Å². The predicted octanol–water partition coefficient (Wildman–Crippen LogP) is 1.39. The van der Waals surface area contributed by atoms with Crippen LogP contribution < -0.4 is 16.1 Å². The van der Waals surface area contributed by atoms with Gasteiger partial charge in [0.25, 0.3) is 11.5 Å². The van der Waals surface area contributed by atoms with Gasteiger partial charge in [-0.05, 0) is 36.5 Å². The van der Waals surface area contributed by atoms with Crippen molar-refractivity contribution in [3.05, 3.63) is 69.3 Å². The molecular weight excluding hydrogens is 454 g/mol. The van der Waals surface area contributed by atoms with Gasteiger partial charge in [0, 0.05) is 37.7 Å². The van der Waals surface area contributed by atoms with Crippen molar-refractivity contribution >= 4 is 23.5 Å². The number of carbonyl (C=O) groups is 3. The van der Waals surface area contributed by atoms with Gasteiger partial charge in [-0.2, -0.15) is 0 Å². The van der Waals surface area contributed by atoms with E-state index < -0.39 is 22.9 Å². The zero-order chi connectivity index (χ0) is 24.7. The summed E-state index contributed by atoms with van der Waals surface area (Å²) < 4.78 is 1.52. The Labute approximate surface area is 201 Å². The minimum absolute atomic E-state index is 0.0473. The summed E-state index contributed by atoms with van der Waals surface area (Å²) in [4.78, 5) is 53.6. The van der Waals surface area contributed by atoms with E-state index in [0.717, 1.165) is 17.7 Å². The van der Waals surface area contributed by atoms with Crippen molar-refractivity contribution in [3.8, 4) is 0 Å². The number of benzene rings is 1. The summed E-state index contributed by atoms with van der Waals surface area (Å²) in [6.07, 6.45) is 1.17. The molecule has 4 heterocycles. The van der Waals surface area contributed by atoms with E-state index in [2.05, 4.69) is 5.32 Å². The number of carbonyl (C=O) groups excluding carboxylic acids is 3. The Morgan fingerprint density at radius 2 is 1.86 bits per heavy atom. The molecule has 1 aromatic carbocycles. The van der Waals surface area contributed by atoms with Gasteiger partial charge in [-0.25, -0.2) is 4.79 Å². The second kappa shape index (κ2) is 9.16. The van der Waals surface area contributed by atoms with Crippen LogP contribution >= 0.6 is 0 Å². The standard InChI is InChI=1S/C24H26N5O6/c30-21(9-6-18-22(31)28(24(33)25-18)12-15-4-2-1-3-5-15)26-11-16-10-17(14-26)19-7-8-20(29(34)35)23(32)27(19)13-16/h1-5,7-8,16-18,34H,6,9-14H2,(H,25,33)/q-1. The number of fused-ring (bicyclic) bond motifs is 4. The van der Waals surface area contributed by atoms with E-state index in [1.807, 2.05) is 30.3 Å². The molecule has 2 aromatic rings. The lowest BCUT2D eigenvalue weighted by molar-refractivity contribution is -0.134. The third-order valence-electron chi connectivity index (χ3n) is 7.08. The van der Waals surface area contributed by atoms with Crippen molar-refractivity contribution in [2.24, 2.45) is 5.92 Å². The molecule has 3 aliphatic rings. The number of nitrogens with one attached hydrogen (secondary N) is 1. The molecule has 3 atom stereocenters. The first-order valence-electron chi connectivity index (χ1n) is 11.6. The molecule has 11 heteroatoms. The molecule has 11 nitrogen and oxygen atoms in total. The molecule has 184 valence electrons. The van der Waals surface area contributed by atoms with Gasteiger partial charge in [0.15, 0.2) is 0 Å². The van der Waals surface area contributed by atoms with Crippen molar-refractivity contribution < 1.29 is 19.6 Å². The van der Waals surface area contributed by atoms with Crippen molar-refractivity contribution in [2.45, 2.75) is 44.3 Å². The summed E-state index contributed by atoms with van der Waals surface area (Å²) in [7, 11) is 0. The largest absolute Gasteiger partial charge is 0.733 e. The zero-order valence-corrected chi connectivity index (χ0v) is 19.0. The summed E-state index contributed by atoms with van der Waals surface area (Å²) >= 11 is 0. The van der Waals surface area contributed by atoms with Gasteiger partial charge < -0.3 is 25.2 Å². The van der Waals surface area contributed by atoms with Crippen molar-refractivity contribution in [3.63, 3.8) is 0 Å². The van der Waals surface area contributed by atoms with Crippen LogP contribution in [0.3, 0.4) is 0 Å². The number of rotatable bonds is 6. The Kier molecular flexibility index (Phi) is 6.03. The van der Waals surface area contributed by atoms with Crippen LogP contribution in [0.25, 0.3) is 0 Å². The fourth-order valence-electron chi connectivity index (χ4n) is 5.40. The third-order valence-corrected chi connectivity index (χ3v) is 7.08. The van der Waals surface area contributed by atoms with Crippen molar-refractivity contribution in [1.82, 2.24) is 19.7 Å². The maximum Gasteiger partial charge on any atom is 0.325 e. The molecule has 2 saturated heterocycles. The van der Waals surface area contributed by atoms with Gasteiger partial charge in [0.2, 0.25) is 5.91 Å². The molecule has 35 heavy (non-hydrogen) atoms. The number of imide groups is 1. The van der Waals surface area contributed by atoms with Gasteiger partial charge in [0.05, 0.1) is 6.54 Å². The van der Waals surface area contributed by atoms with Gasteiger partial charge in [-0.1, -0.05) is 30.3 Å². The molecule has 1 aromatic heterocycles. The van der Waals surface area contributed by atoms with E-state index in [-0.39, 0.29) is 48.7 Å². The van der Waals surface area contributed by atoms with Gasteiger partial charge >= 0.3 is 6.03 Å². The van der Waals surface area contributed by atoms with Crippen LogP contribution in [0.4, 0.5) is 10.5 Å². The number of amides is 4. The number of aromatic nitrogens is 1. The van der Waals surface area contributed by atoms with E-state index in [4.69, 9.17) is 5.21 Å². The maximum atomic E-state index is 13.0. The highest BCUT2D eigenvalue weighted by Crippen LogP contribution is 2.36. The Bertz CT molecular complexity index is 1210. The Hall–Kier alpha value is -3.70. The highest BCUT2D eigenvalue weighted by Gasteiger charge is 2.40. The summed E-state index contributed by atoms with van der Waals surface area (Å²) in [5, 5.41) is 22.7. The topological polar surface area (TPSA) is 138 Å². The van der Waals surface area contributed by atoms with Crippen LogP contribution in [0.2, 0.25) is 0 Å².